The van der Waals surface area contributed by atoms with Gasteiger partial charge in [0.15, 0.2) is 0 Å². The molecule has 2 atom stereocenters. The fourth-order valence-electron chi connectivity index (χ4n) is 2.41. The Bertz CT molecular complexity index is 568. The van der Waals surface area contributed by atoms with Gasteiger partial charge in [-0.2, -0.15) is 0 Å². The summed E-state index contributed by atoms with van der Waals surface area (Å²) in [5, 5.41) is 19.2. The summed E-state index contributed by atoms with van der Waals surface area (Å²) in [5.74, 6) is 1.53. The lowest BCUT2D eigenvalue weighted by Gasteiger charge is -2.24. The maximum Gasteiger partial charge on any atom is 0.118 e. The molecule has 6 heteroatoms. The Hall–Kier alpha value is -2.12. The Kier molecular flexibility index (Phi) is 8.37. The first-order valence-corrected chi connectivity index (χ1v) is 8.41. The Morgan fingerprint density at radius 2 is 1.00 bits per heavy atom. The van der Waals surface area contributed by atoms with E-state index < -0.39 is 12.2 Å². The van der Waals surface area contributed by atoms with Crippen molar-refractivity contribution >= 4 is 0 Å². The second-order valence-corrected chi connectivity index (χ2v) is 5.76. The van der Waals surface area contributed by atoms with Crippen LogP contribution in [0.4, 0.5) is 0 Å². The molecule has 0 bridgehead atoms. The molecule has 0 saturated carbocycles. The molecule has 2 aromatic carbocycles. The lowest BCUT2D eigenvalue weighted by molar-refractivity contribution is -0.119. The van der Waals surface area contributed by atoms with Crippen LogP contribution in [0.1, 0.15) is 11.1 Å². The van der Waals surface area contributed by atoms with Crippen LogP contribution in [0.2, 0.25) is 0 Å². The molecule has 26 heavy (non-hydrogen) atoms. The van der Waals surface area contributed by atoms with Gasteiger partial charge < -0.3 is 29.2 Å². The quantitative estimate of drug-likeness (QED) is 0.638. The molecule has 0 unspecified atom stereocenters. The predicted molar refractivity (Wildman–Crippen MR) is 97.3 cm³/mol. The molecule has 0 spiro atoms. The second kappa shape index (κ2) is 10.8. The maximum absolute atomic E-state index is 9.60. The monoisotopic (exact) mass is 362 g/mol. The molecule has 142 valence electrons. The van der Waals surface area contributed by atoms with E-state index in [1.807, 2.05) is 48.5 Å². The molecule has 2 aromatic rings. The van der Waals surface area contributed by atoms with Gasteiger partial charge in [-0.3, -0.25) is 0 Å². The first-order valence-electron chi connectivity index (χ1n) is 8.41. The van der Waals surface area contributed by atoms with Gasteiger partial charge in [-0.05, 0) is 35.4 Å². The van der Waals surface area contributed by atoms with E-state index in [0.717, 1.165) is 22.6 Å². The molecule has 2 N–H and O–H groups in total. The van der Waals surface area contributed by atoms with E-state index in [0.29, 0.717) is 13.2 Å². The highest BCUT2D eigenvalue weighted by atomic mass is 16.6. The van der Waals surface area contributed by atoms with Crippen LogP contribution in [0, 0.1) is 0 Å². The van der Waals surface area contributed by atoms with E-state index >= 15 is 0 Å². The highest BCUT2D eigenvalue weighted by Crippen LogP contribution is 2.16. The van der Waals surface area contributed by atoms with E-state index in [1.54, 1.807) is 14.2 Å². The van der Waals surface area contributed by atoms with Crippen LogP contribution < -0.4 is 9.47 Å². The van der Waals surface area contributed by atoms with Gasteiger partial charge in [0.1, 0.15) is 23.7 Å². The summed E-state index contributed by atoms with van der Waals surface area (Å²) >= 11 is 0. The normalized spacial score (nSPS) is 13.2. The van der Waals surface area contributed by atoms with Crippen molar-refractivity contribution in [2.24, 2.45) is 0 Å². The average Bonchev–Trinajstić information content (AvgIpc) is 2.71. The second-order valence-electron chi connectivity index (χ2n) is 5.76. The van der Waals surface area contributed by atoms with Gasteiger partial charge in [0, 0.05) is 0 Å². The highest BCUT2D eigenvalue weighted by Gasteiger charge is 2.22. The number of hydrogen-bond acceptors (Lipinski definition) is 6. The zero-order chi connectivity index (χ0) is 18.8. The molecule has 0 aliphatic rings. The summed E-state index contributed by atoms with van der Waals surface area (Å²) < 4.78 is 21.7. The molecule has 0 aliphatic heterocycles. The Balaban J connectivity index is 1.87. The number of aliphatic hydroxyl groups excluding tert-OH is 2. The van der Waals surface area contributed by atoms with E-state index in [4.69, 9.17) is 18.9 Å². The minimum absolute atomic E-state index is 0.246. The molecule has 0 fully saturated rings. The van der Waals surface area contributed by atoms with Gasteiger partial charge in [0.05, 0.1) is 40.6 Å². The number of methoxy groups -OCH3 is 2. The molecular formula is C20H26O6. The molecule has 0 saturated heterocycles. The summed E-state index contributed by atoms with van der Waals surface area (Å²) in [7, 11) is 3.22. The average molecular weight is 362 g/mol. The van der Waals surface area contributed by atoms with E-state index in [9.17, 15) is 10.2 Å². The van der Waals surface area contributed by atoms with E-state index in [1.165, 1.54) is 0 Å². The van der Waals surface area contributed by atoms with Crippen LogP contribution in [0.5, 0.6) is 11.5 Å². The van der Waals surface area contributed by atoms with E-state index in [2.05, 4.69) is 0 Å². The van der Waals surface area contributed by atoms with Gasteiger partial charge in [0.2, 0.25) is 0 Å². The van der Waals surface area contributed by atoms with Gasteiger partial charge in [-0.1, -0.05) is 24.3 Å². The smallest absolute Gasteiger partial charge is 0.118 e. The summed E-state index contributed by atoms with van der Waals surface area (Å²) in [5.41, 5.74) is 1.88. The molecule has 0 radical (unpaired) electrons. The van der Waals surface area contributed by atoms with Gasteiger partial charge >= 0.3 is 0 Å². The Morgan fingerprint density at radius 1 is 0.654 bits per heavy atom. The van der Waals surface area contributed by atoms with Crippen molar-refractivity contribution in [1.82, 2.24) is 0 Å². The third kappa shape index (κ3) is 6.00. The molecular weight excluding hydrogens is 336 g/mol. The summed E-state index contributed by atoms with van der Waals surface area (Å²) in [4.78, 5) is 0. The Labute approximate surface area is 153 Å². The van der Waals surface area contributed by atoms with Crippen molar-refractivity contribution in [3.05, 3.63) is 59.7 Å². The number of rotatable bonds is 11. The van der Waals surface area contributed by atoms with Crippen molar-refractivity contribution in [2.45, 2.75) is 25.4 Å². The lowest BCUT2D eigenvalue weighted by atomic mass is 10.2. The third-order valence-corrected chi connectivity index (χ3v) is 4.02. The zero-order valence-corrected chi connectivity index (χ0v) is 15.1. The van der Waals surface area contributed by atoms with Crippen LogP contribution >= 0.6 is 0 Å². The number of hydrogen-bond donors (Lipinski definition) is 2. The zero-order valence-electron chi connectivity index (χ0n) is 15.1. The number of aliphatic hydroxyl groups is 2. The first-order chi connectivity index (χ1) is 12.7. The number of ether oxygens (including phenoxy) is 4. The van der Waals surface area contributed by atoms with Crippen molar-refractivity contribution < 1.29 is 29.2 Å². The van der Waals surface area contributed by atoms with Crippen LogP contribution in [-0.4, -0.2) is 49.9 Å². The largest absolute Gasteiger partial charge is 0.497 e. The first kappa shape index (κ1) is 20.2. The summed E-state index contributed by atoms with van der Waals surface area (Å²) in [6.07, 6.45) is -1.25. The highest BCUT2D eigenvalue weighted by molar-refractivity contribution is 5.27. The SMILES string of the molecule is COc1ccc(CO[C@H](CO)[C@@H](CO)OCc2ccc(OC)cc2)cc1. The molecule has 2 rings (SSSR count). The Morgan fingerprint density at radius 3 is 1.27 bits per heavy atom. The van der Waals surface area contributed by atoms with Gasteiger partial charge in [-0.25, -0.2) is 0 Å². The van der Waals surface area contributed by atoms with Gasteiger partial charge in [0.25, 0.3) is 0 Å². The predicted octanol–water partition coefficient (Wildman–Crippen LogP) is 2.16. The standard InChI is InChI=1S/C20H26O6/c1-23-17-7-3-15(4-8-17)13-25-19(11-21)20(12-22)26-14-16-5-9-18(24-2)10-6-16/h3-10,19-22H,11-14H2,1-2H3/t19-,20-/m1/s1. The minimum atomic E-state index is -0.625. The van der Waals surface area contributed by atoms with Crippen molar-refractivity contribution in [2.75, 3.05) is 27.4 Å². The maximum atomic E-state index is 9.60. The van der Waals surface area contributed by atoms with Crippen LogP contribution in [-0.2, 0) is 22.7 Å². The molecule has 0 aliphatic carbocycles. The molecule has 0 aromatic heterocycles. The molecule has 6 nitrogen and oxygen atoms in total. The van der Waals surface area contributed by atoms with Crippen LogP contribution in [0.25, 0.3) is 0 Å². The lowest BCUT2D eigenvalue weighted by Crippen LogP contribution is -2.37. The van der Waals surface area contributed by atoms with Crippen LogP contribution in [0.15, 0.2) is 48.5 Å². The topological polar surface area (TPSA) is 77.4 Å². The third-order valence-electron chi connectivity index (χ3n) is 4.02. The van der Waals surface area contributed by atoms with Crippen molar-refractivity contribution in [3.8, 4) is 11.5 Å². The van der Waals surface area contributed by atoms with Crippen molar-refractivity contribution in [1.29, 1.82) is 0 Å². The fraction of sp³-hybridized carbons (Fsp3) is 0.400. The van der Waals surface area contributed by atoms with Crippen molar-refractivity contribution in [3.63, 3.8) is 0 Å². The fourth-order valence-corrected chi connectivity index (χ4v) is 2.41. The summed E-state index contributed by atoms with van der Waals surface area (Å²) in [6.45, 7) is 0.114. The molecule has 0 amide bonds. The number of benzene rings is 2. The molecule has 0 heterocycles. The van der Waals surface area contributed by atoms with Crippen LogP contribution in [0.3, 0.4) is 0 Å². The minimum Gasteiger partial charge on any atom is -0.497 e. The summed E-state index contributed by atoms with van der Waals surface area (Å²) in [6, 6.07) is 14.9. The van der Waals surface area contributed by atoms with Gasteiger partial charge in [-0.15, -0.1) is 0 Å². The van der Waals surface area contributed by atoms with E-state index in [-0.39, 0.29) is 13.2 Å².